The zero-order valence-electron chi connectivity index (χ0n) is 18.2. The first-order chi connectivity index (χ1) is 15.6. The normalized spacial score (nSPS) is 30.8. The highest BCUT2D eigenvalue weighted by Gasteiger charge is 2.55. The summed E-state index contributed by atoms with van der Waals surface area (Å²) >= 11 is 0. The van der Waals surface area contributed by atoms with Crippen LogP contribution in [0.5, 0.6) is 0 Å². The van der Waals surface area contributed by atoms with E-state index in [1.807, 2.05) is 24.3 Å². The molecule has 5 heterocycles. The van der Waals surface area contributed by atoms with Crippen molar-refractivity contribution in [1.29, 1.82) is 0 Å². The molecule has 2 unspecified atom stereocenters. The van der Waals surface area contributed by atoms with Gasteiger partial charge in [-0.05, 0) is 22.9 Å². The molecule has 4 fully saturated rings. The quantitative estimate of drug-likeness (QED) is 0.671. The minimum Gasteiger partial charge on any atom is -0.348 e. The van der Waals surface area contributed by atoms with E-state index in [2.05, 4.69) is 60.9 Å². The maximum atomic E-state index is 13.4. The molecule has 8 nitrogen and oxygen atoms in total. The van der Waals surface area contributed by atoms with E-state index in [-0.39, 0.29) is 17.4 Å². The third kappa shape index (κ3) is 3.22. The molecule has 3 atom stereocenters. The van der Waals surface area contributed by atoms with Crippen molar-refractivity contribution in [2.75, 3.05) is 39.3 Å². The number of carbonyl (C=O) groups is 1. The number of hydrogen-bond donors (Lipinski definition) is 1. The summed E-state index contributed by atoms with van der Waals surface area (Å²) in [6.07, 6.45) is 0. The Morgan fingerprint density at radius 3 is 2.31 bits per heavy atom. The largest absolute Gasteiger partial charge is 0.348 e. The second-order valence-corrected chi connectivity index (χ2v) is 9.38. The molecule has 1 N–H and O–H groups in total. The van der Waals surface area contributed by atoms with Crippen LogP contribution in [-0.2, 0) is 12.5 Å². The van der Waals surface area contributed by atoms with Crippen LogP contribution < -0.4 is 5.32 Å². The summed E-state index contributed by atoms with van der Waals surface area (Å²) in [5.41, 5.74) is 2.75. The number of nitrogens with zero attached hydrogens (tertiary/aromatic N) is 6. The van der Waals surface area contributed by atoms with Gasteiger partial charge >= 0.3 is 0 Å². The highest BCUT2D eigenvalue weighted by molar-refractivity contribution is 5.95. The fourth-order valence-corrected chi connectivity index (χ4v) is 5.96. The molecule has 0 spiro atoms. The summed E-state index contributed by atoms with van der Waals surface area (Å²) in [4.78, 5) is 20.0. The fourth-order valence-electron chi connectivity index (χ4n) is 5.96. The molecular formula is C24H27N7O. The number of benzene rings is 2. The molecule has 4 aliphatic heterocycles. The molecular weight excluding hydrogens is 402 g/mol. The molecule has 4 aliphatic rings. The third-order valence-electron chi connectivity index (χ3n) is 7.35. The summed E-state index contributed by atoms with van der Waals surface area (Å²) in [5, 5.41) is 15.6. The van der Waals surface area contributed by atoms with Crippen molar-refractivity contribution in [2.45, 2.75) is 11.5 Å². The van der Waals surface area contributed by atoms with Crippen LogP contribution in [0, 0.1) is 5.92 Å². The van der Waals surface area contributed by atoms with Crippen molar-refractivity contribution < 1.29 is 4.79 Å². The van der Waals surface area contributed by atoms with Crippen LogP contribution in [0.4, 0.5) is 0 Å². The molecule has 1 aromatic heterocycles. The topological polar surface area (TPSA) is 79.2 Å². The number of carbonyl (C=O) groups excluding carboxylic acids is 1. The zero-order chi connectivity index (χ0) is 21.7. The molecule has 1 amide bonds. The van der Waals surface area contributed by atoms with Gasteiger partial charge in [-0.25, -0.2) is 0 Å². The molecule has 3 aromatic rings. The lowest BCUT2D eigenvalue weighted by atomic mass is 9.64. The molecule has 0 saturated carbocycles. The maximum Gasteiger partial charge on any atom is 0.251 e. The van der Waals surface area contributed by atoms with Gasteiger partial charge < -0.3 is 15.1 Å². The summed E-state index contributed by atoms with van der Waals surface area (Å²) < 4.78 is 0. The minimum absolute atomic E-state index is 0.0138. The Balaban J connectivity index is 1.29. The first kappa shape index (κ1) is 19.6. The lowest BCUT2D eigenvalue weighted by Crippen LogP contribution is -2.70. The standard InChI is InChI=1S/C24H27N7O/c1-29-27-22(26-28-29)17-7-9-18(10-8-17)23(32)25-21-19-13-30-11-12-31(14-19)16-24(21,15-30)20-5-3-2-4-6-20/h2-10,19,21H,11-16H2,1H3,(H,25,32)/t19?,21-,24?/m1/s1. The third-order valence-corrected chi connectivity index (χ3v) is 7.35. The summed E-state index contributed by atoms with van der Waals surface area (Å²) in [7, 11) is 1.74. The number of rotatable bonds is 4. The van der Waals surface area contributed by atoms with Crippen molar-refractivity contribution in [3.8, 4) is 11.4 Å². The minimum atomic E-state index is -0.0852. The smallest absolute Gasteiger partial charge is 0.251 e. The maximum absolute atomic E-state index is 13.4. The van der Waals surface area contributed by atoms with Crippen molar-refractivity contribution in [1.82, 2.24) is 35.3 Å². The van der Waals surface area contributed by atoms with Gasteiger partial charge in [0.25, 0.3) is 5.91 Å². The summed E-state index contributed by atoms with van der Waals surface area (Å²) in [5.74, 6) is 0.968. The second kappa shape index (κ2) is 7.50. The van der Waals surface area contributed by atoms with Crippen LogP contribution in [0.2, 0.25) is 0 Å². The molecule has 8 heteroatoms. The molecule has 164 valence electrons. The first-order valence-corrected chi connectivity index (χ1v) is 11.3. The van der Waals surface area contributed by atoms with E-state index in [1.165, 1.54) is 10.4 Å². The number of hydrogen-bond acceptors (Lipinski definition) is 6. The van der Waals surface area contributed by atoms with Crippen molar-refractivity contribution in [3.63, 3.8) is 0 Å². The van der Waals surface area contributed by atoms with Gasteiger partial charge in [0.2, 0.25) is 5.82 Å². The average Bonchev–Trinajstić information content (AvgIpc) is 3.10. The van der Waals surface area contributed by atoms with E-state index in [1.54, 1.807) is 7.05 Å². The van der Waals surface area contributed by atoms with E-state index >= 15 is 0 Å². The molecule has 32 heavy (non-hydrogen) atoms. The molecule has 0 radical (unpaired) electrons. The Morgan fingerprint density at radius 2 is 1.69 bits per heavy atom. The van der Waals surface area contributed by atoms with Crippen LogP contribution >= 0.6 is 0 Å². The Morgan fingerprint density at radius 1 is 1.00 bits per heavy atom. The van der Waals surface area contributed by atoms with Crippen LogP contribution in [0.3, 0.4) is 0 Å². The van der Waals surface area contributed by atoms with Gasteiger partial charge in [0.15, 0.2) is 0 Å². The monoisotopic (exact) mass is 429 g/mol. The van der Waals surface area contributed by atoms with Gasteiger partial charge in [0, 0.05) is 67.8 Å². The lowest BCUT2D eigenvalue weighted by Gasteiger charge is -2.55. The number of piperidine rings is 2. The fraction of sp³-hybridized carbons (Fsp3) is 0.417. The van der Waals surface area contributed by atoms with Gasteiger partial charge in [-0.3, -0.25) is 4.79 Å². The number of amides is 1. The Labute approximate surface area is 187 Å². The van der Waals surface area contributed by atoms with Crippen molar-refractivity contribution in [2.24, 2.45) is 13.0 Å². The number of nitrogens with one attached hydrogen (secondary N) is 1. The van der Waals surface area contributed by atoms with Gasteiger partial charge in [-0.2, -0.15) is 4.80 Å². The van der Waals surface area contributed by atoms with Crippen LogP contribution in [0.1, 0.15) is 15.9 Å². The van der Waals surface area contributed by atoms with E-state index in [0.29, 0.717) is 17.3 Å². The number of aryl methyl sites for hydroxylation is 1. The van der Waals surface area contributed by atoms with Crippen molar-refractivity contribution >= 4 is 5.91 Å². The molecule has 4 saturated heterocycles. The number of aromatic nitrogens is 4. The average molecular weight is 430 g/mol. The SMILES string of the molecule is Cn1nnc(-c2ccc(C(=O)N[C@@H]3C4CN5CCN(C4)CC3(c3ccccc3)C5)cc2)n1. The van der Waals surface area contributed by atoms with Gasteiger partial charge in [0.05, 0.1) is 7.05 Å². The highest BCUT2D eigenvalue weighted by atomic mass is 16.1. The molecule has 4 bridgehead atoms. The Bertz CT molecular complexity index is 1110. The zero-order valence-corrected chi connectivity index (χ0v) is 18.2. The second-order valence-electron chi connectivity index (χ2n) is 9.38. The van der Waals surface area contributed by atoms with Crippen LogP contribution in [0.25, 0.3) is 11.4 Å². The lowest BCUT2D eigenvalue weighted by molar-refractivity contribution is 0.0180. The van der Waals surface area contributed by atoms with E-state index in [0.717, 1.165) is 44.8 Å². The van der Waals surface area contributed by atoms with Gasteiger partial charge in [-0.15, -0.1) is 10.2 Å². The number of fused-ring (bicyclic) bond motifs is 1. The van der Waals surface area contributed by atoms with E-state index < -0.39 is 0 Å². The first-order valence-electron chi connectivity index (χ1n) is 11.3. The Hall–Kier alpha value is -3.10. The van der Waals surface area contributed by atoms with Crippen LogP contribution in [0.15, 0.2) is 54.6 Å². The van der Waals surface area contributed by atoms with E-state index in [9.17, 15) is 4.79 Å². The summed E-state index contributed by atoms with van der Waals surface area (Å²) in [6, 6.07) is 18.4. The molecule has 7 rings (SSSR count). The van der Waals surface area contributed by atoms with Gasteiger partial charge in [0.1, 0.15) is 0 Å². The Kier molecular flexibility index (Phi) is 4.58. The van der Waals surface area contributed by atoms with Crippen LogP contribution in [-0.4, -0.2) is 81.2 Å². The van der Waals surface area contributed by atoms with Gasteiger partial charge in [-0.1, -0.05) is 42.5 Å². The predicted octanol–water partition coefficient (Wildman–Crippen LogP) is 1.17. The predicted molar refractivity (Wildman–Crippen MR) is 120 cm³/mol. The van der Waals surface area contributed by atoms with Crippen molar-refractivity contribution in [3.05, 3.63) is 65.7 Å². The molecule has 2 aromatic carbocycles. The molecule has 0 aliphatic carbocycles. The number of tetrazole rings is 1. The summed E-state index contributed by atoms with van der Waals surface area (Å²) in [6.45, 7) is 6.31. The van der Waals surface area contributed by atoms with E-state index in [4.69, 9.17) is 0 Å². The highest BCUT2D eigenvalue weighted by Crippen LogP contribution is 2.43.